The van der Waals surface area contributed by atoms with Gasteiger partial charge in [-0.25, -0.2) is 9.78 Å². The van der Waals surface area contributed by atoms with E-state index in [-0.39, 0.29) is 22.8 Å². The fourth-order valence-electron chi connectivity index (χ4n) is 2.24. The normalized spacial score (nSPS) is 10.7. The fraction of sp³-hybridized carbons (Fsp3) is 0.176. The number of nitrogens with zero attached hydrogens (tertiary/aromatic N) is 3. The molecule has 8 heteroatoms. The average Bonchev–Trinajstić information content (AvgIpc) is 3.09. The zero-order valence-corrected chi connectivity index (χ0v) is 14.4. The lowest BCUT2D eigenvalue weighted by atomic mass is 10.1. The summed E-state index contributed by atoms with van der Waals surface area (Å²) in [5.41, 5.74) is 2.64. The van der Waals surface area contributed by atoms with Gasteiger partial charge in [0, 0.05) is 23.6 Å². The molecule has 2 N–H and O–H groups in total. The van der Waals surface area contributed by atoms with E-state index in [4.69, 9.17) is 16.3 Å². The van der Waals surface area contributed by atoms with Crippen LogP contribution < -0.4 is 5.32 Å². The predicted molar refractivity (Wildman–Crippen MR) is 94.9 cm³/mol. The molecule has 0 aliphatic carbocycles. The second-order valence-corrected chi connectivity index (χ2v) is 5.83. The lowest BCUT2D eigenvalue weighted by molar-refractivity contribution is 0.0378. The molecule has 3 rings (SSSR count). The van der Waals surface area contributed by atoms with Gasteiger partial charge in [-0.05, 0) is 37.6 Å². The van der Waals surface area contributed by atoms with E-state index < -0.39 is 5.97 Å². The molecule has 0 aliphatic heterocycles. The first-order valence-electron chi connectivity index (χ1n) is 7.64. The van der Waals surface area contributed by atoms with Gasteiger partial charge in [-0.3, -0.25) is 5.10 Å². The largest absolute Gasteiger partial charge is 0.459 e. The molecule has 25 heavy (non-hydrogen) atoms. The molecule has 0 atom stereocenters. The number of para-hydroxylation sites is 1. The van der Waals surface area contributed by atoms with E-state index in [2.05, 4.69) is 25.5 Å². The van der Waals surface area contributed by atoms with Crippen LogP contribution in [0.1, 0.15) is 24.2 Å². The summed E-state index contributed by atoms with van der Waals surface area (Å²) < 4.78 is 5.24. The van der Waals surface area contributed by atoms with Crippen LogP contribution in [-0.4, -0.2) is 32.2 Å². The van der Waals surface area contributed by atoms with Crippen molar-refractivity contribution >= 4 is 29.1 Å². The van der Waals surface area contributed by atoms with Gasteiger partial charge in [0.25, 0.3) is 0 Å². The predicted octanol–water partition coefficient (Wildman–Crippen LogP) is 3.83. The molecule has 0 unspecified atom stereocenters. The van der Waals surface area contributed by atoms with Crippen molar-refractivity contribution in [1.82, 2.24) is 20.2 Å². The van der Waals surface area contributed by atoms with Crippen LogP contribution in [0.2, 0.25) is 5.28 Å². The highest BCUT2D eigenvalue weighted by molar-refractivity contribution is 6.28. The number of H-pyrrole nitrogens is 1. The van der Waals surface area contributed by atoms with Gasteiger partial charge in [0.15, 0.2) is 0 Å². The van der Waals surface area contributed by atoms with E-state index in [9.17, 15) is 4.79 Å². The van der Waals surface area contributed by atoms with E-state index in [0.717, 1.165) is 16.9 Å². The maximum atomic E-state index is 12.3. The zero-order valence-electron chi connectivity index (χ0n) is 13.7. The van der Waals surface area contributed by atoms with Gasteiger partial charge in [-0.15, -0.1) is 0 Å². The van der Waals surface area contributed by atoms with Crippen LogP contribution in [0.25, 0.3) is 11.3 Å². The lowest BCUT2D eigenvalue weighted by Crippen LogP contribution is -2.14. The second-order valence-electron chi connectivity index (χ2n) is 5.50. The summed E-state index contributed by atoms with van der Waals surface area (Å²) in [6.07, 6.45) is 2.76. The number of hydrogen-bond donors (Lipinski definition) is 2. The number of aromatic amines is 1. The number of carbonyl (C=O) groups is 1. The molecule has 1 aromatic carbocycles. The molecule has 3 aromatic rings. The van der Waals surface area contributed by atoms with Gasteiger partial charge in [0.05, 0.1) is 11.8 Å². The molecule has 0 saturated carbocycles. The van der Waals surface area contributed by atoms with Crippen molar-refractivity contribution in [2.45, 2.75) is 20.0 Å². The molecule has 0 aliphatic rings. The van der Waals surface area contributed by atoms with Crippen LogP contribution in [0, 0.1) is 0 Å². The second kappa shape index (κ2) is 7.31. The van der Waals surface area contributed by atoms with Crippen molar-refractivity contribution in [3.63, 3.8) is 0 Å². The number of nitrogens with one attached hydrogen (secondary N) is 2. The molecular formula is C17H16ClN5O2. The maximum Gasteiger partial charge on any atom is 0.343 e. The highest BCUT2D eigenvalue weighted by atomic mass is 35.5. The Kier molecular flexibility index (Phi) is 4.95. The Morgan fingerprint density at radius 3 is 2.80 bits per heavy atom. The molecule has 0 saturated heterocycles. The Morgan fingerprint density at radius 2 is 2.08 bits per heavy atom. The van der Waals surface area contributed by atoms with E-state index in [1.165, 1.54) is 6.20 Å². The van der Waals surface area contributed by atoms with Gasteiger partial charge < -0.3 is 10.1 Å². The fourth-order valence-corrected chi connectivity index (χ4v) is 2.38. The highest BCUT2D eigenvalue weighted by Crippen LogP contribution is 2.29. The van der Waals surface area contributed by atoms with Gasteiger partial charge >= 0.3 is 5.97 Å². The number of carbonyl (C=O) groups excluding carboxylic acids is 1. The Hall–Kier alpha value is -2.93. The first-order valence-corrected chi connectivity index (χ1v) is 8.01. The molecule has 2 heterocycles. The Morgan fingerprint density at radius 1 is 1.28 bits per heavy atom. The van der Waals surface area contributed by atoms with Crippen molar-refractivity contribution in [3.05, 3.63) is 53.6 Å². The highest BCUT2D eigenvalue weighted by Gasteiger charge is 2.18. The number of ether oxygens (including phenoxy) is 1. The Labute approximate surface area is 149 Å². The third kappa shape index (κ3) is 3.95. The summed E-state index contributed by atoms with van der Waals surface area (Å²) in [6.45, 7) is 3.55. The lowest BCUT2D eigenvalue weighted by Gasteiger charge is -2.14. The van der Waals surface area contributed by atoms with Gasteiger partial charge in [0.1, 0.15) is 11.4 Å². The molecule has 2 aromatic heterocycles. The average molecular weight is 358 g/mol. The number of benzene rings is 1. The SMILES string of the molecule is CC(C)OC(=O)c1cnc(Cl)nc1Nc1ccccc1-c1ccn[nH]1. The van der Waals surface area contributed by atoms with Gasteiger partial charge in [0.2, 0.25) is 5.28 Å². The van der Waals surface area contributed by atoms with Crippen LogP contribution in [0.3, 0.4) is 0 Å². The van der Waals surface area contributed by atoms with Crippen LogP contribution in [0.5, 0.6) is 0 Å². The number of hydrogen-bond acceptors (Lipinski definition) is 6. The van der Waals surface area contributed by atoms with Crippen molar-refractivity contribution < 1.29 is 9.53 Å². The monoisotopic (exact) mass is 357 g/mol. The third-order valence-corrected chi connectivity index (χ3v) is 3.48. The first-order chi connectivity index (χ1) is 12.0. The summed E-state index contributed by atoms with van der Waals surface area (Å²) >= 11 is 5.90. The molecule has 0 fully saturated rings. The summed E-state index contributed by atoms with van der Waals surface area (Å²) in [4.78, 5) is 20.3. The minimum absolute atomic E-state index is 0.0302. The molecular weight excluding hydrogens is 342 g/mol. The number of esters is 1. The quantitative estimate of drug-likeness (QED) is 0.532. The van der Waals surface area contributed by atoms with Crippen LogP contribution >= 0.6 is 11.6 Å². The van der Waals surface area contributed by atoms with Crippen molar-refractivity contribution in [3.8, 4) is 11.3 Å². The maximum absolute atomic E-state index is 12.3. The summed E-state index contributed by atoms with van der Waals surface area (Å²) in [5, 5.41) is 10.1. The summed E-state index contributed by atoms with van der Waals surface area (Å²) in [7, 11) is 0. The molecule has 0 amide bonds. The molecule has 0 bridgehead atoms. The number of rotatable bonds is 5. The standard InChI is InChI=1S/C17H16ClN5O2/c1-10(2)25-16(24)12-9-19-17(18)22-15(12)21-13-6-4-3-5-11(13)14-7-8-20-23-14/h3-10H,1-2H3,(H,20,23)(H,19,21,22). The van der Waals surface area contributed by atoms with Crippen LogP contribution in [-0.2, 0) is 4.74 Å². The van der Waals surface area contributed by atoms with Crippen LogP contribution in [0.15, 0.2) is 42.7 Å². The van der Waals surface area contributed by atoms with Crippen molar-refractivity contribution in [1.29, 1.82) is 0 Å². The zero-order chi connectivity index (χ0) is 17.8. The molecule has 0 spiro atoms. The van der Waals surface area contributed by atoms with Gasteiger partial charge in [-0.2, -0.15) is 10.1 Å². The van der Waals surface area contributed by atoms with E-state index >= 15 is 0 Å². The molecule has 0 radical (unpaired) electrons. The Balaban J connectivity index is 1.99. The Bertz CT molecular complexity index is 881. The number of aromatic nitrogens is 4. The summed E-state index contributed by atoms with van der Waals surface area (Å²) in [6, 6.07) is 9.41. The first kappa shape index (κ1) is 16.9. The van der Waals surface area contributed by atoms with E-state index in [1.54, 1.807) is 20.0 Å². The topological polar surface area (TPSA) is 92.8 Å². The minimum atomic E-state index is -0.520. The smallest absolute Gasteiger partial charge is 0.343 e. The van der Waals surface area contributed by atoms with Crippen molar-refractivity contribution in [2.24, 2.45) is 0 Å². The molecule has 7 nitrogen and oxygen atoms in total. The third-order valence-electron chi connectivity index (χ3n) is 3.29. The summed E-state index contributed by atoms with van der Waals surface area (Å²) in [5.74, 6) is -0.245. The number of halogens is 1. The number of anilines is 2. The van der Waals surface area contributed by atoms with Crippen LogP contribution in [0.4, 0.5) is 11.5 Å². The van der Waals surface area contributed by atoms with Crippen molar-refractivity contribution in [2.75, 3.05) is 5.32 Å². The van der Waals surface area contributed by atoms with E-state index in [1.807, 2.05) is 30.3 Å². The van der Waals surface area contributed by atoms with Gasteiger partial charge in [-0.1, -0.05) is 18.2 Å². The van der Waals surface area contributed by atoms with E-state index in [0.29, 0.717) is 0 Å². The minimum Gasteiger partial charge on any atom is -0.459 e. The molecule has 128 valence electrons.